The fourth-order valence-electron chi connectivity index (χ4n) is 2.14. The quantitative estimate of drug-likeness (QED) is 0.845. The van der Waals surface area contributed by atoms with Crippen LogP contribution in [0.5, 0.6) is 5.75 Å². The first kappa shape index (κ1) is 11.3. The molecule has 0 spiro atoms. The van der Waals surface area contributed by atoms with Gasteiger partial charge in [0.15, 0.2) is 0 Å². The van der Waals surface area contributed by atoms with Crippen LogP contribution in [0, 0.1) is 0 Å². The van der Waals surface area contributed by atoms with Gasteiger partial charge in [-0.3, -0.25) is 0 Å². The van der Waals surface area contributed by atoms with Crippen molar-refractivity contribution in [3.63, 3.8) is 0 Å². The second-order valence-electron chi connectivity index (χ2n) is 3.75. The topological polar surface area (TPSA) is 21.3 Å². The van der Waals surface area contributed by atoms with Crippen LogP contribution >= 0.6 is 0 Å². The van der Waals surface area contributed by atoms with Crippen LogP contribution in [-0.2, 0) is 6.42 Å². The number of fused-ring (bicyclic) bond motifs is 1. The lowest BCUT2D eigenvalue weighted by Gasteiger charge is -2.14. The van der Waals surface area contributed by atoms with Crippen molar-refractivity contribution in [3.8, 4) is 5.75 Å². The number of hydrogen-bond acceptors (Lipinski definition) is 2. The van der Waals surface area contributed by atoms with Gasteiger partial charge in [-0.1, -0.05) is 12.1 Å². The number of ether oxygens (including phenoxy) is 1. The van der Waals surface area contributed by atoms with Gasteiger partial charge in [-0.2, -0.15) is 0 Å². The maximum absolute atomic E-state index is 12.2. The Balaban J connectivity index is 2.32. The number of benzene rings is 1. The van der Waals surface area contributed by atoms with Crippen LogP contribution in [0.4, 0.5) is 13.2 Å². The molecule has 0 aliphatic heterocycles. The van der Waals surface area contributed by atoms with E-state index in [1.54, 1.807) is 13.1 Å². The lowest BCUT2D eigenvalue weighted by Crippen LogP contribution is -2.18. The molecule has 88 valence electrons. The summed E-state index contributed by atoms with van der Waals surface area (Å²) in [6.45, 7) is 0. The Hall–Kier alpha value is -1.23. The molecule has 1 aromatic carbocycles. The van der Waals surface area contributed by atoms with E-state index in [1.807, 2.05) is 6.07 Å². The molecule has 0 amide bonds. The predicted octanol–water partition coefficient (Wildman–Crippen LogP) is 2.79. The third kappa shape index (κ3) is 2.14. The zero-order chi connectivity index (χ0) is 11.8. The highest BCUT2D eigenvalue weighted by Gasteiger charge is 2.34. The molecule has 1 unspecified atom stereocenters. The van der Waals surface area contributed by atoms with Crippen molar-refractivity contribution in [1.82, 2.24) is 5.32 Å². The maximum atomic E-state index is 12.2. The molecule has 0 saturated carbocycles. The van der Waals surface area contributed by atoms with Gasteiger partial charge in [-0.15, -0.1) is 13.2 Å². The van der Waals surface area contributed by atoms with Crippen molar-refractivity contribution in [1.29, 1.82) is 0 Å². The lowest BCUT2D eigenvalue weighted by atomic mass is 10.1. The third-order valence-corrected chi connectivity index (χ3v) is 2.80. The van der Waals surface area contributed by atoms with E-state index in [2.05, 4.69) is 10.1 Å². The van der Waals surface area contributed by atoms with E-state index in [9.17, 15) is 13.2 Å². The second-order valence-corrected chi connectivity index (χ2v) is 3.75. The van der Waals surface area contributed by atoms with Gasteiger partial charge < -0.3 is 10.1 Å². The van der Waals surface area contributed by atoms with Gasteiger partial charge in [-0.25, -0.2) is 0 Å². The molecular weight excluding hydrogens is 219 g/mol. The van der Waals surface area contributed by atoms with E-state index in [0.717, 1.165) is 12.0 Å². The summed E-state index contributed by atoms with van der Waals surface area (Å²) < 4.78 is 40.5. The molecule has 2 rings (SSSR count). The smallest absolute Gasteiger partial charge is 0.405 e. The van der Waals surface area contributed by atoms with Crippen LogP contribution in [0.25, 0.3) is 0 Å². The summed E-state index contributed by atoms with van der Waals surface area (Å²) in [5.41, 5.74) is 1.57. The van der Waals surface area contributed by atoms with Crippen molar-refractivity contribution in [2.45, 2.75) is 25.2 Å². The highest BCUT2D eigenvalue weighted by atomic mass is 19.4. The fourth-order valence-corrected chi connectivity index (χ4v) is 2.14. The molecule has 0 heterocycles. The van der Waals surface area contributed by atoms with Gasteiger partial charge >= 0.3 is 6.36 Å². The van der Waals surface area contributed by atoms with Gasteiger partial charge in [0.05, 0.1) is 0 Å². The van der Waals surface area contributed by atoms with E-state index >= 15 is 0 Å². The summed E-state index contributed by atoms with van der Waals surface area (Å²) in [4.78, 5) is 0. The fraction of sp³-hybridized carbons (Fsp3) is 0.455. The van der Waals surface area contributed by atoms with Gasteiger partial charge in [0.25, 0.3) is 0 Å². The molecule has 2 nitrogen and oxygen atoms in total. The third-order valence-electron chi connectivity index (χ3n) is 2.80. The lowest BCUT2D eigenvalue weighted by molar-refractivity contribution is -0.274. The summed E-state index contributed by atoms with van der Waals surface area (Å²) in [5.74, 6) is -0.0669. The summed E-state index contributed by atoms with van der Waals surface area (Å²) in [7, 11) is 1.80. The van der Waals surface area contributed by atoms with E-state index in [0.29, 0.717) is 12.0 Å². The zero-order valence-electron chi connectivity index (χ0n) is 8.77. The highest BCUT2D eigenvalue weighted by molar-refractivity contribution is 5.45. The minimum atomic E-state index is -4.62. The Morgan fingerprint density at radius 3 is 2.75 bits per heavy atom. The minimum Gasteiger partial charge on any atom is -0.405 e. The summed E-state index contributed by atoms with van der Waals surface area (Å²) in [6.07, 6.45) is -3.19. The van der Waals surface area contributed by atoms with Crippen LogP contribution in [0.2, 0.25) is 0 Å². The minimum absolute atomic E-state index is 0.0669. The van der Waals surface area contributed by atoms with E-state index in [1.165, 1.54) is 6.07 Å². The predicted molar refractivity (Wildman–Crippen MR) is 53.2 cm³/mol. The Bertz CT molecular complexity index is 389. The van der Waals surface area contributed by atoms with Crippen LogP contribution < -0.4 is 10.1 Å². The molecule has 1 atom stereocenters. The van der Waals surface area contributed by atoms with Crippen LogP contribution in [0.1, 0.15) is 23.6 Å². The Morgan fingerprint density at radius 1 is 1.38 bits per heavy atom. The summed E-state index contributed by atoms with van der Waals surface area (Å²) >= 11 is 0. The van der Waals surface area contributed by atoms with E-state index < -0.39 is 6.36 Å². The molecule has 0 radical (unpaired) electrons. The summed E-state index contributed by atoms with van der Waals surface area (Å²) in [6, 6.07) is 4.93. The molecule has 1 N–H and O–H groups in total. The van der Waals surface area contributed by atoms with E-state index in [4.69, 9.17) is 0 Å². The Kier molecular flexibility index (Phi) is 2.80. The first-order chi connectivity index (χ1) is 7.51. The number of halogens is 3. The number of rotatable bonds is 2. The molecule has 1 aromatic rings. The van der Waals surface area contributed by atoms with Crippen molar-refractivity contribution < 1.29 is 17.9 Å². The normalized spacial score (nSPS) is 19.6. The monoisotopic (exact) mass is 231 g/mol. The van der Waals surface area contributed by atoms with Crippen molar-refractivity contribution in [2.75, 3.05) is 7.05 Å². The molecule has 0 fully saturated rings. The standard InChI is InChI=1S/C11H12F3NO/c1-15-9-6-5-8-7(9)3-2-4-10(8)16-11(12,13)14/h2-4,9,15H,5-6H2,1H3. The van der Waals surface area contributed by atoms with Gasteiger partial charge in [0.2, 0.25) is 0 Å². The van der Waals surface area contributed by atoms with E-state index in [-0.39, 0.29) is 11.8 Å². The first-order valence-electron chi connectivity index (χ1n) is 5.06. The van der Waals surface area contributed by atoms with Gasteiger partial charge in [0, 0.05) is 6.04 Å². The zero-order valence-corrected chi connectivity index (χ0v) is 8.77. The molecule has 0 bridgehead atoms. The van der Waals surface area contributed by atoms with Crippen molar-refractivity contribution in [2.24, 2.45) is 0 Å². The maximum Gasteiger partial charge on any atom is 0.573 e. The van der Waals surface area contributed by atoms with Crippen molar-refractivity contribution in [3.05, 3.63) is 29.3 Å². The van der Waals surface area contributed by atoms with Crippen LogP contribution in [0.15, 0.2) is 18.2 Å². The number of hydrogen-bond donors (Lipinski definition) is 1. The molecule has 16 heavy (non-hydrogen) atoms. The first-order valence-corrected chi connectivity index (χ1v) is 5.06. The molecule has 1 aliphatic rings. The average molecular weight is 231 g/mol. The highest BCUT2D eigenvalue weighted by Crippen LogP contribution is 2.38. The molecule has 0 saturated heterocycles. The SMILES string of the molecule is CNC1CCc2c(OC(F)(F)F)cccc21. The molecule has 0 aromatic heterocycles. The summed E-state index contributed by atoms with van der Waals surface area (Å²) in [5, 5.41) is 3.07. The molecule has 5 heteroatoms. The van der Waals surface area contributed by atoms with Crippen molar-refractivity contribution >= 4 is 0 Å². The van der Waals surface area contributed by atoms with Crippen LogP contribution in [-0.4, -0.2) is 13.4 Å². The molecule has 1 aliphatic carbocycles. The average Bonchev–Trinajstić information content (AvgIpc) is 2.59. The second kappa shape index (κ2) is 3.97. The number of nitrogens with one attached hydrogen (secondary N) is 1. The molecular formula is C11H12F3NO. The largest absolute Gasteiger partial charge is 0.573 e. The van der Waals surface area contributed by atoms with Gasteiger partial charge in [0.1, 0.15) is 5.75 Å². The Labute approximate surface area is 91.4 Å². The van der Waals surface area contributed by atoms with Gasteiger partial charge in [-0.05, 0) is 37.1 Å². The van der Waals surface area contributed by atoms with Crippen LogP contribution in [0.3, 0.4) is 0 Å². The Morgan fingerprint density at radius 2 is 2.12 bits per heavy atom. The number of alkyl halides is 3.